The Kier molecular flexibility index (Phi) is 13.8. The number of nitrogens with one attached hydrogen (secondary N) is 2. The van der Waals surface area contributed by atoms with Gasteiger partial charge in [-0.3, -0.25) is 10.1 Å². The fourth-order valence-corrected chi connectivity index (χ4v) is 6.26. The summed E-state index contributed by atoms with van der Waals surface area (Å²) in [6.07, 6.45) is 11.6. The molecule has 3 aromatic rings. The molecule has 1 heterocycles. The lowest BCUT2D eigenvalue weighted by Crippen LogP contribution is -2.38. The van der Waals surface area contributed by atoms with Crippen LogP contribution in [0.4, 0.5) is 0 Å². The van der Waals surface area contributed by atoms with E-state index in [9.17, 15) is 9.90 Å². The maximum absolute atomic E-state index is 11.2. The number of hydrogen-bond donors (Lipinski definition) is 4. The number of hydrogen-bond acceptors (Lipinski definition) is 5. The largest absolute Gasteiger partial charge is 0.508 e. The van der Waals surface area contributed by atoms with Crippen LogP contribution in [-0.4, -0.2) is 35.0 Å². The highest BCUT2D eigenvalue weighted by molar-refractivity contribution is 6.34. The molecule has 2 aliphatic carbocycles. The van der Waals surface area contributed by atoms with E-state index in [0.29, 0.717) is 24.7 Å². The van der Waals surface area contributed by atoms with Crippen LogP contribution in [0.2, 0.25) is 5.02 Å². The molecule has 2 atom stereocenters. The topological polar surface area (TPSA) is 90.8 Å². The van der Waals surface area contributed by atoms with Gasteiger partial charge < -0.3 is 20.3 Å². The quantitative estimate of drug-likeness (QED) is 0.177. The van der Waals surface area contributed by atoms with Crippen LogP contribution in [0.25, 0.3) is 11.1 Å². The molecule has 4 N–H and O–H groups in total. The molecule has 7 heteroatoms. The molecule has 6 nitrogen and oxygen atoms in total. The number of aryl methyl sites for hydroxylation is 2. The van der Waals surface area contributed by atoms with Crippen LogP contribution in [0.3, 0.4) is 0 Å². The molecule has 6 rings (SSSR count). The second kappa shape index (κ2) is 17.7. The van der Waals surface area contributed by atoms with Crippen LogP contribution in [0.1, 0.15) is 100.0 Å². The summed E-state index contributed by atoms with van der Waals surface area (Å²) in [4.78, 5) is 11.2. The van der Waals surface area contributed by atoms with Gasteiger partial charge in [0.25, 0.3) is 0 Å². The van der Waals surface area contributed by atoms with Gasteiger partial charge in [0.05, 0.1) is 23.9 Å². The summed E-state index contributed by atoms with van der Waals surface area (Å²) in [5, 5.41) is 25.4. The molecular weight excluding hydrogens is 596 g/mol. The average molecular weight is 649 g/mol. The Labute approximate surface area is 280 Å². The first-order valence-electron chi connectivity index (χ1n) is 17.2. The van der Waals surface area contributed by atoms with Gasteiger partial charge in [-0.15, -0.1) is 0 Å². The zero-order valence-electron chi connectivity index (χ0n) is 28.1. The maximum Gasteiger partial charge on any atom is 0.221 e. The molecule has 2 fully saturated rings. The molecule has 1 saturated heterocycles. The predicted octanol–water partition coefficient (Wildman–Crippen LogP) is 8.43. The summed E-state index contributed by atoms with van der Waals surface area (Å²) < 4.78 is 5.74. The second-order valence-electron chi connectivity index (χ2n) is 13.0. The first-order chi connectivity index (χ1) is 22.2. The Balaban J connectivity index is 0.000000181. The maximum atomic E-state index is 11.2. The molecule has 0 radical (unpaired) electrons. The lowest BCUT2D eigenvalue weighted by Gasteiger charge is -2.18. The van der Waals surface area contributed by atoms with Crippen molar-refractivity contribution in [2.24, 2.45) is 5.92 Å². The summed E-state index contributed by atoms with van der Waals surface area (Å²) in [5.74, 6) is 1.87. The predicted molar refractivity (Wildman–Crippen MR) is 189 cm³/mol. The van der Waals surface area contributed by atoms with Gasteiger partial charge in [0.1, 0.15) is 11.5 Å². The summed E-state index contributed by atoms with van der Waals surface area (Å²) in [7, 11) is 0. The summed E-state index contributed by atoms with van der Waals surface area (Å²) in [5.41, 5.74) is 8.61. The van der Waals surface area contributed by atoms with E-state index >= 15 is 0 Å². The van der Waals surface area contributed by atoms with Gasteiger partial charge in [-0.25, -0.2) is 0 Å². The molecular formula is C39H53ClN2O4. The number of aliphatic hydroxyl groups excluding tert-OH is 1. The van der Waals surface area contributed by atoms with Crippen molar-refractivity contribution in [2.45, 2.75) is 117 Å². The molecule has 3 aliphatic rings. The van der Waals surface area contributed by atoms with Crippen LogP contribution in [0.15, 0.2) is 48.5 Å². The standard InChI is InChI=1S/C18H19ClO.C17H26N2O2.C4H8O/c1-2-12-20-17-11-5-10-16(18(17)19)15-9-4-7-13-6-3-8-14(13)15;1-4-11(2)7-13-9-15(20)12(3)8-14(13)10-18-16-5-6-17(21)19-16;5-4-2-1-3-4/h4-5,7,9-11H,2-3,6,8,12H2,1H3;8-9,11,16,18,20H,4-7,10H2,1-3H3,(H,19,21);4-5H,1-3H2. The third kappa shape index (κ3) is 9.97. The Morgan fingerprint density at radius 1 is 1.00 bits per heavy atom. The van der Waals surface area contributed by atoms with Gasteiger partial charge in [0.15, 0.2) is 0 Å². The third-order valence-corrected chi connectivity index (χ3v) is 9.64. The van der Waals surface area contributed by atoms with E-state index in [1.807, 2.05) is 25.1 Å². The van der Waals surface area contributed by atoms with E-state index < -0.39 is 0 Å². The number of aromatic hydroxyl groups is 1. The van der Waals surface area contributed by atoms with Crippen molar-refractivity contribution in [3.05, 3.63) is 81.4 Å². The fourth-order valence-electron chi connectivity index (χ4n) is 5.98. The molecule has 0 spiro atoms. The number of amides is 1. The van der Waals surface area contributed by atoms with E-state index in [1.54, 1.807) is 0 Å². The van der Waals surface area contributed by atoms with Crippen molar-refractivity contribution in [2.75, 3.05) is 6.61 Å². The summed E-state index contributed by atoms with van der Waals surface area (Å²) >= 11 is 6.56. The molecule has 250 valence electrons. The Hall–Kier alpha value is -3.06. The highest BCUT2D eigenvalue weighted by atomic mass is 35.5. The van der Waals surface area contributed by atoms with E-state index in [4.69, 9.17) is 21.4 Å². The van der Waals surface area contributed by atoms with Crippen LogP contribution >= 0.6 is 11.6 Å². The van der Waals surface area contributed by atoms with Gasteiger partial charge in [0.2, 0.25) is 5.91 Å². The third-order valence-electron chi connectivity index (χ3n) is 9.25. The fraction of sp³-hybridized carbons (Fsp3) is 0.513. The van der Waals surface area contributed by atoms with Gasteiger partial charge in [-0.05, 0) is 116 Å². The molecule has 0 bridgehead atoms. The van der Waals surface area contributed by atoms with E-state index in [2.05, 4.69) is 61.7 Å². The highest BCUT2D eigenvalue weighted by Gasteiger charge is 2.21. The first kappa shape index (κ1) is 35.8. The minimum atomic E-state index is 0.0648. The van der Waals surface area contributed by atoms with Crippen molar-refractivity contribution in [3.63, 3.8) is 0 Å². The zero-order chi connectivity index (χ0) is 33.1. The number of rotatable bonds is 10. The van der Waals surface area contributed by atoms with Crippen molar-refractivity contribution in [3.8, 4) is 22.6 Å². The van der Waals surface area contributed by atoms with Gasteiger partial charge in [-0.2, -0.15) is 0 Å². The van der Waals surface area contributed by atoms with Crippen LogP contribution in [-0.2, 0) is 30.6 Å². The van der Waals surface area contributed by atoms with E-state index in [-0.39, 0.29) is 18.2 Å². The number of carbonyl (C=O) groups excluding carboxylic acids is 1. The Morgan fingerprint density at radius 3 is 2.39 bits per heavy atom. The van der Waals surface area contributed by atoms with Crippen LogP contribution < -0.4 is 15.4 Å². The van der Waals surface area contributed by atoms with Crippen LogP contribution in [0, 0.1) is 12.8 Å². The first-order valence-corrected chi connectivity index (χ1v) is 17.6. The number of halogens is 1. The minimum Gasteiger partial charge on any atom is -0.508 e. The number of carbonyl (C=O) groups is 1. The molecule has 2 unspecified atom stereocenters. The van der Waals surface area contributed by atoms with Crippen molar-refractivity contribution in [1.82, 2.24) is 10.6 Å². The van der Waals surface area contributed by atoms with Gasteiger partial charge >= 0.3 is 0 Å². The van der Waals surface area contributed by atoms with Gasteiger partial charge in [0, 0.05) is 18.5 Å². The number of ether oxygens (including phenoxy) is 1. The number of fused-ring (bicyclic) bond motifs is 1. The Bertz CT molecular complexity index is 1440. The number of benzene rings is 3. The summed E-state index contributed by atoms with van der Waals surface area (Å²) in [6, 6.07) is 16.6. The lowest BCUT2D eigenvalue weighted by atomic mass is 9.93. The molecule has 0 aromatic heterocycles. The molecule has 1 amide bonds. The normalized spacial score (nSPS) is 17.5. The molecule has 3 aromatic carbocycles. The number of phenolic OH excluding ortho intramolecular Hbond substituents is 1. The van der Waals surface area contributed by atoms with Gasteiger partial charge in [-0.1, -0.05) is 75.2 Å². The minimum absolute atomic E-state index is 0.0648. The lowest BCUT2D eigenvalue weighted by molar-refractivity contribution is -0.119. The molecule has 1 saturated carbocycles. The molecule has 1 aliphatic heterocycles. The highest BCUT2D eigenvalue weighted by Crippen LogP contribution is 2.39. The smallest absolute Gasteiger partial charge is 0.221 e. The second-order valence-corrected chi connectivity index (χ2v) is 13.4. The Morgan fingerprint density at radius 2 is 1.74 bits per heavy atom. The average Bonchev–Trinajstić information content (AvgIpc) is 3.70. The SMILES string of the molecule is CCC(C)Cc1cc(O)c(C)cc1CNC1CCC(=O)N1.CCCOc1cccc(-c2cccc3c2CCC3)c1Cl.OC1CCC1. The van der Waals surface area contributed by atoms with Crippen molar-refractivity contribution < 1.29 is 19.7 Å². The monoisotopic (exact) mass is 648 g/mol. The number of phenols is 1. The van der Waals surface area contributed by atoms with E-state index in [0.717, 1.165) is 73.4 Å². The van der Waals surface area contributed by atoms with Crippen molar-refractivity contribution in [1.29, 1.82) is 0 Å². The number of aliphatic hydroxyl groups is 1. The molecule has 46 heavy (non-hydrogen) atoms. The van der Waals surface area contributed by atoms with Crippen LogP contribution in [0.5, 0.6) is 11.5 Å². The zero-order valence-corrected chi connectivity index (χ0v) is 28.9. The van der Waals surface area contributed by atoms with Crippen molar-refractivity contribution >= 4 is 17.5 Å². The van der Waals surface area contributed by atoms with E-state index in [1.165, 1.54) is 47.1 Å². The summed E-state index contributed by atoms with van der Waals surface area (Å²) in [6.45, 7) is 9.86.